The van der Waals surface area contributed by atoms with Gasteiger partial charge in [-0.05, 0) is 23.6 Å². The van der Waals surface area contributed by atoms with Gasteiger partial charge < -0.3 is 10.0 Å². The second kappa shape index (κ2) is 7.70. The molecule has 0 aliphatic carbocycles. The normalized spacial score (nSPS) is 11.1. The standard InChI is InChI=1S/C19H21N3O3/c1-12(2)17-15(19(24)25)11-20-16(21-17)10-9-13-7-5-6-8-14(13)18(23)22(3)4/h5-12H,1-4H3,(H,24,25). The lowest BCUT2D eigenvalue weighted by molar-refractivity contribution is 0.0693. The number of aromatic nitrogens is 2. The largest absolute Gasteiger partial charge is 0.478 e. The number of amides is 1. The molecule has 1 aromatic carbocycles. The third-order valence-corrected chi connectivity index (χ3v) is 3.62. The highest BCUT2D eigenvalue weighted by Gasteiger charge is 2.16. The lowest BCUT2D eigenvalue weighted by Gasteiger charge is -2.12. The van der Waals surface area contributed by atoms with Gasteiger partial charge in [0.25, 0.3) is 5.91 Å². The maximum Gasteiger partial charge on any atom is 0.339 e. The molecule has 1 amide bonds. The van der Waals surface area contributed by atoms with Crippen LogP contribution >= 0.6 is 0 Å². The van der Waals surface area contributed by atoms with Gasteiger partial charge in [-0.1, -0.05) is 38.1 Å². The minimum atomic E-state index is -1.04. The van der Waals surface area contributed by atoms with Crippen molar-refractivity contribution in [1.29, 1.82) is 0 Å². The maximum atomic E-state index is 12.2. The zero-order valence-electron chi connectivity index (χ0n) is 14.7. The number of aromatic carboxylic acids is 1. The summed E-state index contributed by atoms with van der Waals surface area (Å²) in [4.78, 5) is 33.4. The van der Waals surface area contributed by atoms with Crippen LogP contribution in [0.25, 0.3) is 12.2 Å². The van der Waals surface area contributed by atoms with Crippen LogP contribution < -0.4 is 0 Å². The molecule has 2 aromatic rings. The van der Waals surface area contributed by atoms with Gasteiger partial charge in [0.05, 0.1) is 11.3 Å². The SMILES string of the molecule is CC(C)c1nc(C=Cc2ccccc2C(=O)N(C)C)ncc1C(=O)O. The van der Waals surface area contributed by atoms with Gasteiger partial charge in [-0.2, -0.15) is 0 Å². The van der Waals surface area contributed by atoms with Gasteiger partial charge in [0.2, 0.25) is 0 Å². The number of nitrogens with zero attached hydrogens (tertiary/aromatic N) is 3. The van der Waals surface area contributed by atoms with Crippen LogP contribution in [-0.2, 0) is 0 Å². The van der Waals surface area contributed by atoms with E-state index in [0.29, 0.717) is 17.1 Å². The van der Waals surface area contributed by atoms with Crippen molar-refractivity contribution in [2.45, 2.75) is 19.8 Å². The van der Waals surface area contributed by atoms with E-state index >= 15 is 0 Å². The number of carbonyl (C=O) groups is 2. The molecule has 6 heteroatoms. The van der Waals surface area contributed by atoms with E-state index in [1.807, 2.05) is 32.0 Å². The van der Waals surface area contributed by atoms with E-state index in [1.54, 1.807) is 32.3 Å². The molecule has 6 nitrogen and oxygen atoms in total. The average Bonchev–Trinajstić information content (AvgIpc) is 2.59. The Bertz CT molecular complexity index is 826. The molecule has 25 heavy (non-hydrogen) atoms. The van der Waals surface area contributed by atoms with Crippen LogP contribution in [0.2, 0.25) is 0 Å². The monoisotopic (exact) mass is 339 g/mol. The Labute approximate surface area is 146 Å². The van der Waals surface area contributed by atoms with E-state index in [9.17, 15) is 14.7 Å². The first-order chi connectivity index (χ1) is 11.8. The van der Waals surface area contributed by atoms with Crippen molar-refractivity contribution in [2.75, 3.05) is 14.1 Å². The number of rotatable bonds is 5. The van der Waals surface area contributed by atoms with Crippen molar-refractivity contribution in [3.05, 3.63) is 58.7 Å². The van der Waals surface area contributed by atoms with Crippen LogP contribution in [0.4, 0.5) is 0 Å². The maximum absolute atomic E-state index is 12.2. The Morgan fingerprint density at radius 3 is 2.40 bits per heavy atom. The molecule has 130 valence electrons. The Balaban J connectivity index is 2.39. The zero-order chi connectivity index (χ0) is 18.6. The van der Waals surface area contributed by atoms with Crippen LogP contribution in [0.15, 0.2) is 30.5 Å². The molecule has 2 rings (SSSR count). The zero-order valence-corrected chi connectivity index (χ0v) is 14.7. The lowest BCUT2D eigenvalue weighted by Crippen LogP contribution is -2.22. The van der Waals surface area contributed by atoms with E-state index in [4.69, 9.17) is 0 Å². The van der Waals surface area contributed by atoms with Crippen molar-refractivity contribution >= 4 is 24.0 Å². The van der Waals surface area contributed by atoms with E-state index in [-0.39, 0.29) is 17.4 Å². The molecule has 0 unspecified atom stereocenters. The molecule has 1 N–H and O–H groups in total. The second-order valence-corrected chi connectivity index (χ2v) is 6.11. The Kier molecular flexibility index (Phi) is 5.64. The highest BCUT2D eigenvalue weighted by Crippen LogP contribution is 2.18. The van der Waals surface area contributed by atoms with Gasteiger partial charge in [-0.3, -0.25) is 4.79 Å². The highest BCUT2D eigenvalue weighted by molar-refractivity contribution is 5.98. The van der Waals surface area contributed by atoms with E-state index in [0.717, 1.165) is 5.56 Å². The van der Waals surface area contributed by atoms with Crippen molar-refractivity contribution in [2.24, 2.45) is 0 Å². The second-order valence-electron chi connectivity index (χ2n) is 6.11. The first kappa shape index (κ1) is 18.3. The molecule has 0 bridgehead atoms. The van der Waals surface area contributed by atoms with Crippen molar-refractivity contribution in [3.8, 4) is 0 Å². The number of carboxylic acid groups (broad SMARTS) is 1. The molecule has 0 fully saturated rings. The third kappa shape index (κ3) is 4.29. The molecule has 0 saturated carbocycles. The summed E-state index contributed by atoms with van der Waals surface area (Å²) in [6.45, 7) is 3.76. The van der Waals surface area contributed by atoms with Gasteiger partial charge >= 0.3 is 5.97 Å². The first-order valence-corrected chi connectivity index (χ1v) is 7.90. The molecule has 1 aromatic heterocycles. The summed E-state index contributed by atoms with van der Waals surface area (Å²) in [6.07, 6.45) is 4.76. The molecule has 0 aliphatic heterocycles. The topological polar surface area (TPSA) is 83.4 Å². The van der Waals surface area contributed by atoms with Gasteiger partial charge in [0, 0.05) is 25.9 Å². The van der Waals surface area contributed by atoms with E-state index in [2.05, 4.69) is 9.97 Å². The number of carbonyl (C=O) groups excluding carboxylic acids is 1. The summed E-state index contributed by atoms with van der Waals surface area (Å²) in [7, 11) is 3.40. The van der Waals surface area contributed by atoms with Gasteiger partial charge in [-0.15, -0.1) is 0 Å². The van der Waals surface area contributed by atoms with Crippen LogP contribution in [0.3, 0.4) is 0 Å². The molecule has 0 atom stereocenters. The van der Waals surface area contributed by atoms with Crippen molar-refractivity contribution < 1.29 is 14.7 Å². The van der Waals surface area contributed by atoms with Crippen molar-refractivity contribution in [3.63, 3.8) is 0 Å². The predicted molar refractivity (Wildman–Crippen MR) is 96.5 cm³/mol. The Hall–Kier alpha value is -3.02. The van der Waals surface area contributed by atoms with Gasteiger partial charge in [0.15, 0.2) is 5.82 Å². The molecule has 1 heterocycles. The summed E-state index contributed by atoms with van der Waals surface area (Å²) < 4.78 is 0. The average molecular weight is 339 g/mol. The molecule has 0 radical (unpaired) electrons. The van der Waals surface area contributed by atoms with Crippen LogP contribution in [0.1, 0.15) is 57.6 Å². The minimum absolute atomic E-state index is 0.0381. The number of hydrogen-bond donors (Lipinski definition) is 1. The first-order valence-electron chi connectivity index (χ1n) is 7.90. The van der Waals surface area contributed by atoms with E-state index in [1.165, 1.54) is 11.1 Å². The molecule has 0 spiro atoms. The fourth-order valence-corrected chi connectivity index (χ4v) is 2.34. The number of carboxylic acids is 1. The van der Waals surface area contributed by atoms with E-state index < -0.39 is 5.97 Å². The van der Waals surface area contributed by atoms with Crippen molar-refractivity contribution in [1.82, 2.24) is 14.9 Å². The summed E-state index contributed by atoms with van der Waals surface area (Å²) in [6, 6.07) is 7.25. The summed E-state index contributed by atoms with van der Waals surface area (Å²) in [5.41, 5.74) is 1.92. The molecule has 0 saturated heterocycles. The summed E-state index contributed by atoms with van der Waals surface area (Å²) >= 11 is 0. The van der Waals surface area contributed by atoms with Crippen LogP contribution in [0, 0.1) is 0 Å². The summed E-state index contributed by atoms with van der Waals surface area (Å²) in [5, 5.41) is 9.22. The van der Waals surface area contributed by atoms with Gasteiger partial charge in [-0.25, -0.2) is 14.8 Å². The molecular weight excluding hydrogens is 318 g/mol. The number of hydrogen-bond acceptors (Lipinski definition) is 4. The Morgan fingerprint density at radius 2 is 1.80 bits per heavy atom. The fourth-order valence-electron chi connectivity index (χ4n) is 2.34. The molecular formula is C19H21N3O3. The Morgan fingerprint density at radius 1 is 1.12 bits per heavy atom. The quantitative estimate of drug-likeness (QED) is 0.904. The van der Waals surface area contributed by atoms with Crippen LogP contribution in [-0.4, -0.2) is 45.9 Å². The minimum Gasteiger partial charge on any atom is -0.478 e. The lowest BCUT2D eigenvalue weighted by atomic mass is 10.0. The molecule has 0 aliphatic rings. The fraction of sp³-hybridized carbons (Fsp3) is 0.263. The third-order valence-electron chi connectivity index (χ3n) is 3.62. The van der Waals surface area contributed by atoms with Crippen LogP contribution in [0.5, 0.6) is 0 Å². The predicted octanol–water partition coefficient (Wildman–Crippen LogP) is 3.17. The van der Waals surface area contributed by atoms with Gasteiger partial charge in [0.1, 0.15) is 0 Å². The highest BCUT2D eigenvalue weighted by atomic mass is 16.4. The smallest absolute Gasteiger partial charge is 0.339 e. The summed E-state index contributed by atoms with van der Waals surface area (Å²) in [5.74, 6) is -0.768. The number of benzene rings is 1.